The number of urea groups is 1. The van der Waals surface area contributed by atoms with E-state index < -0.39 is 0 Å². The van der Waals surface area contributed by atoms with Crippen LogP contribution in [0.2, 0.25) is 0 Å². The predicted octanol–water partition coefficient (Wildman–Crippen LogP) is 3.46. The molecule has 0 unspecified atom stereocenters. The molecule has 0 saturated carbocycles. The van der Waals surface area contributed by atoms with Crippen LogP contribution in [0.25, 0.3) is 10.8 Å². The van der Waals surface area contributed by atoms with E-state index in [-0.39, 0.29) is 6.03 Å². The highest BCUT2D eigenvalue weighted by Crippen LogP contribution is 2.18. The van der Waals surface area contributed by atoms with Crippen molar-refractivity contribution in [3.8, 4) is 0 Å². The number of aliphatic imine (C=N–C) groups is 1. The number of fused-ring (bicyclic) bond motifs is 1. The van der Waals surface area contributed by atoms with E-state index in [1.165, 1.54) is 6.21 Å². The number of anilines is 1. The van der Waals surface area contributed by atoms with Crippen LogP contribution in [-0.2, 0) is 0 Å². The fraction of sp³-hybridized carbons (Fsp3) is 0.0769. The van der Waals surface area contributed by atoms with Crippen LogP contribution in [0, 0.1) is 0 Å². The van der Waals surface area contributed by atoms with Crippen molar-refractivity contribution < 1.29 is 4.79 Å². The molecule has 2 rings (SSSR count). The van der Waals surface area contributed by atoms with Gasteiger partial charge in [-0.2, -0.15) is 0 Å². The third kappa shape index (κ3) is 2.25. The van der Waals surface area contributed by atoms with E-state index in [0.717, 1.165) is 16.5 Å². The predicted molar refractivity (Wildman–Crippen MR) is 67.1 cm³/mol. The van der Waals surface area contributed by atoms with Crippen molar-refractivity contribution in [1.29, 1.82) is 0 Å². The number of carbonyl (C=O) groups excluding carboxylic acids is 1. The van der Waals surface area contributed by atoms with Crippen LogP contribution in [0.15, 0.2) is 47.5 Å². The summed E-state index contributed by atoms with van der Waals surface area (Å²) in [5, 5.41) is 4.95. The van der Waals surface area contributed by atoms with Crippen molar-refractivity contribution >= 4 is 28.7 Å². The van der Waals surface area contributed by atoms with Gasteiger partial charge in [0.1, 0.15) is 0 Å². The Morgan fingerprint density at radius 1 is 1.19 bits per heavy atom. The van der Waals surface area contributed by atoms with Crippen molar-refractivity contribution in [3.63, 3.8) is 0 Å². The Hall–Kier alpha value is -2.16. The zero-order valence-electron chi connectivity index (χ0n) is 8.97. The Labute approximate surface area is 93.8 Å². The second-order valence-corrected chi connectivity index (χ2v) is 3.38. The van der Waals surface area contributed by atoms with E-state index >= 15 is 0 Å². The lowest BCUT2D eigenvalue weighted by molar-refractivity contribution is 0.259. The molecule has 3 heteroatoms. The number of rotatable bonds is 1. The molecule has 80 valence electrons. The molecule has 0 aliphatic rings. The number of benzene rings is 2. The van der Waals surface area contributed by atoms with Gasteiger partial charge < -0.3 is 5.32 Å². The van der Waals surface area contributed by atoms with Gasteiger partial charge in [0.25, 0.3) is 0 Å². The van der Waals surface area contributed by atoms with Crippen molar-refractivity contribution in [2.75, 3.05) is 5.32 Å². The van der Waals surface area contributed by atoms with E-state index in [1.807, 2.05) is 42.5 Å². The molecule has 0 spiro atoms. The maximum Gasteiger partial charge on any atom is 0.345 e. The van der Waals surface area contributed by atoms with E-state index in [4.69, 9.17) is 0 Å². The van der Waals surface area contributed by atoms with Gasteiger partial charge in [-0.1, -0.05) is 30.3 Å². The number of nitrogens with one attached hydrogen (secondary N) is 1. The van der Waals surface area contributed by atoms with E-state index in [1.54, 1.807) is 6.92 Å². The number of hydrogen-bond acceptors (Lipinski definition) is 1. The molecule has 0 saturated heterocycles. The largest absolute Gasteiger partial charge is 0.345 e. The second-order valence-electron chi connectivity index (χ2n) is 3.38. The molecule has 16 heavy (non-hydrogen) atoms. The molecule has 0 aromatic heterocycles. The first-order chi connectivity index (χ1) is 7.79. The van der Waals surface area contributed by atoms with Gasteiger partial charge in [0.2, 0.25) is 0 Å². The molecular weight excluding hydrogens is 200 g/mol. The maximum absolute atomic E-state index is 11.2. The highest BCUT2D eigenvalue weighted by molar-refractivity contribution is 5.96. The first-order valence-corrected chi connectivity index (χ1v) is 5.08. The molecule has 0 bridgehead atoms. The molecule has 2 aromatic rings. The molecule has 2 amide bonds. The zero-order valence-corrected chi connectivity index (χ0v) is 8.97. The van der Waals surface area contributed by atoms with Gasteiger partial charge in [0.15, 0.2) is 0 Å². The third-order valence-electron chi connectivity index (χ3n) is 2.25. The summed E-state index contributed by atoms with van der Waals surface area (Å²) in [4.78, 5) is 14.9. The van der Waals surface area contributed by atoms with Crippen LogP contribution in [0.1, 0.15) is 6.92 Å². The summed E-state index contributed by atoms with van der Waals surface area (Å²) in [6.07, 6.45) is 1.47. The summed E-state index contributed by atoms with van der Waals surface area (Å²) in [7, 11) is 0. The number of amides is 2. The summed E-state index contributed by atoms with van der Waals surface area (Å²) in [6, 6.07) is 13.4. The quantitative estimate of drug-likeness (QED) is 0.722. The molecule has 2 aromatic carbocycles. The lowest BCUT2D eigenvalue weighted by Crippen LogP contribution is -2.05. The van der Waals surface area contributed by atoms with Gasteiger partial charge in [0.05, 0.1) is 0 Å². The second kappa shape index (κ2) is 4.57. The zero-order chi connectivity index (χ0) is 11.4. The monoisotopic (exact) mass is 212 g/mol. The van der Waals surface area contributed by atoms with Crippen LogP contribution in [-0.4, -0.2) is 12.2 Å². The van der Waals surface area contributed by atoms with Gasteiger partial charge in [-0.05, 0) is 29.8 Å². The van der Waals surface area contributed by atoms with Crippen molar-refractivity contribution in [3.05, 3.63) is 42.5 Å². The van der Waals surface area contributed by atoms with Crippen LogP contribution in [0.4, 0.5) is 10.5 Å². The minimum atomic E-state index is -0.349. The van der Waals surface area contributed by atoms with Crippen molar-refractivity contribution in [2.45, 2.75) is 6.92 Å². The van der Waals surface area contributed by atoms with Crippen LogP contribution in [0.5, 0.6) is 0 Å². The lowest BCUT2D eigenvalue weighted by atomic mass is 10.1. The smallest absolute Gasteiger partial charge is 0.306 e. The highest BCUT2D eigenvalue weighted by atomic mass is 16.2. The van der Waals surface area contributed by atoms with Gasteiger partial charge in [-0.3, -0.25) is 0 Å². The molecule has 0 fully saturated rings. The lowest BCUT2D eigenvalue weighted by Gasteiger charge is -2.03. The molecule has 0 radical (unpaired) electrons. The number of carbonyl (C=O) groups is 1. The van der Waals surface area contributed by atoms with E-state index in [2.05, 4.69) is 10.3 Å². The topological polar surface area (TPSA) is 41.5 Å². The summed E-state index contributed by atoms with van der Waals surface area (Å²) in [5.41, 5.74) is 0.759. The molecular formula is C13H12N2O. The molecule has 0 aliphatic heterocycles. The van der Waals surface area contributed by atoms with Crippen LogP contribution >= 0.6 is 0 Å². The maximum atomic E-state index is 11.2. The van der Waals surface area contributed by atoms with Gasteiger partial charge in [0, 0.05) is 11.9 Å². The summed E-state index contributed by atoms with van der Waals surface area (Å²) >= 11 is 0. The average Bonchev–Trinajstić information content (AvgIpc) is 2.29. The summed E-state index contributed by atoms with van der Waals surface area (Å²) in [5.74, 6) is 0. The number of nitrogens with zero attached hydrogens (tertiary/aromatic N) is 1. The highest BCUT2D eigenvalue weighted by Gasteiger charge is 1.99. The fourth-order valence-electron chi connectivity index (χ4n) is 1.54. The Morgan fingerprint density at radius 2 is 1.94 bits per heavy atom. The van der Waals surface area contributed by atoms with Crippen molar-refractivity contribution in [1.82, 2.24) is 0 Å². The Balaban J connectivity index is 2.29. The molecule has 3 nitrogen and oxygen atoms in total. The van der Waals surface area contributed by atoms with E-state index in [9.17, 15) is 4.79 Å². The fourth-order valence-corrected chi connectivity index (χ4v) is 1.54. The molecule has 0 aliphatic carbocycles. The standard InChI is InChI=1S/C13H12N2O/c1-2-14-13(16)15-12-8-7-10-5-3-4-6-11(10)9-12/h2-9H,1H3,(H,15,16). The Kier molecular flexibility index (Phi) is 2.96. The Morgan fingerprint density at radius 3 is 2.69 bits per heavy atom. The van der Waals surface area contributed by atoms with Crippen molar-refractivity contribution in [2.24, 2.45) is 4.99 Å². The van der Waals surface area contributed by atoms with Gasteiger partial charge >= 0.3 is 6.03 Å². The Bertz CT molecular complexity index is 546. The normalized spacial score (nSPS) is 10.8. The summed E-state index contributed by atoms with van der Waals surface area (Å²) in [6.45, 7) is 1.71. The average molecular weight is 212 g/mol. The minimum Gasteiger partial charge on any atom is -0.306 e. The van der Waals surface area contributed by atoms with Crippen LogP contribution in [0.3, 0.4) is 0 Å². The van der Waals surface area contributed by atoms with Gasteiger partial charge in [-0.25, -0.2) is 9.79 Å². The first-order valence-electron chi connectivity index (χ1n) is 5.08. The third-order valence-corrected chi connectivity index (χ3v) is 2.25. The van der Waals surface area contributed by atoms with Gasteiger partial charge in [-0.15, -0.1) is 0 Å². The summed E-state index contributed by atoms with van der Waals surface area (Å²) < 4.78 is 0. The molecule has 1 N–H and O–H groups in total. The SMILES string of the molecule is CC=NC(=O)Nc1ccc2ccccc2c1. The molecule has 0 atom stereocenters. The minimum absolute atomic E-state index is 0.349. The van der Waals surface area contributed by atoms with Crippen LogP contribution < -0.4 is 5.32 Å². The molecule has 0 heterocycles. The number of hydrogen-bond donors (Lipinski definition) is 1. The first kappa shape index (κ1) is 10.4. The van der Waals surface area contributed by atoms with E-state index in [0.29, 0.717) is 0 Å².